The van der Waals surface area contributed by atoms with E-state index < -0.39 is 5.63 Å². The zero-order chi connectivity index (χ0) is 34.5. The lowest BCUT2D eigenvalue weighted by Gasteiger charge is -2.29. The van der Waals surface area contributed by atoms with Crippen LogP contribution in [0.5, 0.6) is 0 Å². The van der Waals surface area contributed by atoms with Gasteiger partial charge in [0.1, 0.15) is 5.52 Å². The van der Waals surface area contributed by atoms with Crippen LogP contribution in [0.15, 0.2) is 131 Å². The normalized spacial score (nSPS) is 15.6. The fourth-order valence-electron chi connectivity index (χ4n) is 6.51. The lowest BCUT2D eigenvalue weighted by atomic mass is 9.86. The van der Waals surface area contributed by atoms with E-state index in [1.165, 1.54) is 6.42 Å². The highest BCUT2D eigenvalue weighted by atomic mass is 16.4. The maximum atomic E-state index is 13.0. The molecule has 0 saturated heterocycles. The van der Waals surface area contributed by atoms with Crippen molar-refractivity contribution in [3.63, 3.8) is 0 Å². The van der Waals surface area contributed by atoms with Crippen LogP contribution in [-0.4, -0.2) is 32.8 Å². The van der Waals surface area contributed by atoms with Crippen molar-refractivity contribution < 1.29 is 14.0 Å². The van der Waals surface area contributed by atoms with Crippen molar-refractivity contribution in [3.05, 3.63) is 143 Å². The summed E-state index contributed by atoms with van der Waals surface area (Å²) in [7, 11) is 0. The number of carbonyl (C=O) groups is 2. The maximum absolute atomic E-state index is 13.0. The monoisotopic (exact) mass is 661 g/mol. The number of aromatic nitrogens is 3. The number of benzene rings is 4. The molecule has 1 saturated carbocycles. The number of pyridine rings is 2. The third-order valence-corrected chi connectivity index (χ3v) is 9.14. The number of nitrogens with one attached hydrogen (secondary N) is 2. The number of nitrogens with zero attached hydrogens (tertiary/aromatic N) is 3. The molecule has 0 spiro atoms. The van der Waals surface area contributed by atoms with Crippen LogP contribution in [-0.2, 0) is 0 Å². The van der Waals surface area contributed by atoms with Crippen molar-refractivity contribution in [2.45, 2.75) is 38.6 Å². The van der Waals surface area contributed by atoms with Gasteiger partial charge in [-0.2, -0.15) is 0 Å². The van der Waals surface area contributed by atoms with Crippen LogP contribution < -0.4 is 16.3 Å². The summed E-state index contributed by atoms with van der Waals surface area (Å²) in [5.74, 6) is 0.273. The van der Waals surface area contributed by atoms with Gasteiger partial charge in [0.05, 0.1) is 5.69 Å². The third kappa shape index (κ3) is 6.84. The predicted molar refractivity (Wildman–Crippen MR) is 196 cm³/mol. The second kappa shape index (κ2) is 14.5. The first-order chi connectivity index (χ1) is 24.5. The molecule has 0 radical (unpaired) electrons. The standard InChI is InChI=1S/C24H25N3O2.C17H10N2O2/c1-16-8-2-5-13-20(16)26-24(29)22-21(14-7-15-25-22)27-23(28)19-12-6-10-17-9-3-4-11-18(17)19;20-17-15-14(9-4-10-18-15)19-16(21-17)13-8-3-6-11-5-1-2-7-12(11)13/h3-4,6-7,9-12,14-16,20H,2,5,8,13H2,1H3,(H,26,29)(H,27,28);1-10H. The molecule has 1 aliphatic rings. The highest BCUT2D eigenvalue weighted by Gasteiger charge is 2.25. The first-order valence-electron chi connectivity index (χ1n) is 16.8. The van der Waals surface area contributed by atoms with Crippen LogP contribution in [0, 0.1) is 5.92 Å². The topological polar surface area (TPSA) is 127 Å². The summed E-state index contributed by atoms with van der Waals surface area (Å²) < 4.78 is 5.36. The molecule has 9 nitrogen and oxygen atoms in total. The minimum atomic E-state index is -0.469. The highest BCUT2D eigenvalue weighted by molar-refractivity contribution is 6.14. The second-order valence-electron chi connectivity index (χ2n) is 12.4. The lowest BCUT2D eigenvalue weighted by molar-refractivity contribution is 0.0906. The van der Waals surface area contributed by atoms with E-state index in [-0.39, 0.29) is 29.1 Å². The zero-order valence-electron chi connectivity index (χ0n) is 27.5. The molecule has 8 rings (SSSR count). The van der Waals surface area contributed by atoms with E-state index >= 15 is 0 Å². The van der Waals surface area contributed by atoms with Gasteiger partial charge in [0.25, 0.3) is 11.8 Å². The van der Waals surface area contributed by atoms with E-state index in [0.29, 0.717) is 28.6 Å². The molecule has 0 bridgehead atoms. The average Bonchev–Trinajstić information content (AvgIpc) is 3.15. The van der Waals surface area contributed by atoms with Crippen molar-refractivity contribution in [1.29, 1.82) is 0 Å². The number of fused-ring (bicyclic) bond motifs is 3. The van der Waals surface area contributed by atoms with Gasteiger partial charge in [0.2, 0.25) is 5.89 Å². The quantitative estimate of drug-likeness (QED) is 0.190. The maximum Gasteiger partial charge on any atom is 0.365 e. The fourth-order valence-corrected chi connectivity index (χ4v) is 6.51. The van der Waals surface area contributed by atoms with Crippen molar-refractivity contribution in [3.8, 4) is 11.5 Å². The molecule has 1 aliphatic carbocycles. The Morgan fingerprint density at radius 2 is 1.40 bits per heavy atom. The number of rotatable bonds is 5. The Kier molecular flexibility index (Phi) is 9.37. The van der Waals surface area contributed by atoms with Gasteiger partial charge in [-0.1, -0.05) is 92.6 Å². The molecule has 2 amide bonds. The van der Waals surface area contributed by atoms with E-state index in [4.69, 9.17) is 4.42 Å². The Labute approximate surface area is 288 Å². The Balaban J connectivity index is 0.000000165. The number of carbonyl (C=O) groups excluding carboxylic acids is 2. The van der Waals surface area contributed by atoms with Crippen molar-refractivity contribution >= 4 is 50.1 Å². The molecule has 4 aromatic carbocycles. The van der Waals surface area contributed by atoms with Crippen LogP contribution in [0.2, 0.25) is 0 Å². The third-order valence-electron chi connectivity index (χ3n) is 9.14. The lowest BCUT2D eigenvalue weighted by Crippen LogP contribution is -2.41. The average molecular weight is 662 g/mol. The van der Waals surface area contributed by atoms with Crippen LogP contribution in [0.1, 0.15) is 53.5 Å². The van der Waals surface area contributed by atoms with Gasteiger partial charge in [0.15, 0.2) is 11.2 Å². The molecule has 2 N–H and O–H groups in total. The van der Waals surface area contributed by atoms with Crippen LogP contribution in [0.3, 0.4) is 0 Å². The van der Waals surface area contributed by atoms with Crippen molar-refractivity contribution in [1.82, 2.24) is 20.3 Å². The molecule has 3 heterocycles. The summed E-state index contributed by atoms with van der Waals surface area (Å²) in [6, 6.07) is 34.2. The predicted octanol–water partition coefficient (Wildman–Crippen LogP) is 8.20. The summed E-state index contributed by atoms with van der Waals surface area (Å²) in [4.78, 5) is 50.6. The van der Waals surface area contributed by atoms with Gasteiger partial charge in [-0.05, 0) is 76.7 Å². The van der Waals surface area contributed by atoms with E-state index in [9.17, 15) is 14.4 Å². The summed E-state index contributed by atoms with van der Waals surface area (Å²) >= 11 is 0. The van der Waals surface area contributed by atoms with Crippen LogP contribution >= 0.6 is 0 Å². The molecule has 50 heavy (non-hydrogen) atoms. The zero-order valence-corrected chi connectivity index (χ0v) is 27.5. The van der Waals surface area contributed by atoms with E-state index in [1.54, 1.807) is 42.7 Å². The Morgan fingerprint density at radius 1 is 0.720 bits per heavy atom. The molecule has 2 atom stereocenters. The summed E-state index contributed by atoms with van der Waals surface area (Å²) in [6.45, 7) is 2.17. The largest absolute Gasteiger partial charge is 0.402 e. The minimum Gasteiger partial charge on any atom is -0.402 e. The van der Waals surface area contributed by atoms with Gasteiger partial charge in [-0.3, -0.25) is 9.59 Å². The molecular weight excluding hydrogens is 626 g/mol. The molecule has 248 valence electrons. The number of hydrogen-bond acceptors (Lipinski definition) is 7. The summed E-state index contributed by atoms with van der Waals surface area (Å²) in [6.07, 6.45) is 7.58. The van der Waals surface area contributed by atoms with Gasteiger partial charge in [-0.25, -0.2) is 19.7 Å². The van der Waals surface area contributed by atoms with Gasteiger partial charge in [0, 0.05) is 29.6 Å². The fraction of sp³-hybridized carbons (Fsp3) is 0.171. The van der Waals surface area contributed by atoms with Crippen molar-refractivity contribution in [2.24, 2.45) is 5.92 Å². The van der Waals surface area contributed by atoms with E-state index in [1.807, 2.05) is 78.9 Å². The highest BCUT2D eigenvalue weighted by Crippen LogP contribution is 2.28. The number of anilines is 1. The summed E-state index contributed by atoms with van der Waals surface area (Å²) in [5, 5.41) is 9.94. The van der Waals surface area contributed by atoms with Gasteiger partial charge < -0.3 is 15.1 Å². The van der Waals surface area contributed by atoms with Crippen LogP contribution in [0.4, 0.5) is 5.69 Å². The molecule has 9 heteroatoms. The Bertz CT molecular complexity index is 2400. The number of hydrogen-bond donors (Lipinski definition) is 2. The molecule has 1 fully saturated rings. The minimum absolute atomic E-state index is 0.153. The van der Waals surface area contributed by atoms with Crippen LogP contribution in [0.25, 0.3) is 44.0 Å². The van der Waals surface area contributed by atoms with E-state index in [0.717, 1.165) is 46.4 Å². The molecule has 3 aromatic heterocycles. The second-order valence-corrected chi connectivity index (χ2v) is 12.4. The van der Waals surface area contributed by atoms with Gasteiger partial charge in [-0.15, -0.1) is 0 Å². The summed E-state index contributed by atoms with van der Waals surface area (Å²) in [5.41, 5.74) is 2.36. The van der Waals surface area contributed by atoms with Crippen molar-refractivity contribution in [2.75, 3.05) is 5.32 Å². The first-order valence-corrected chi connectivity index (χ1v) is 16.8. The molecule has 0 aliphatic heterocycles. The first kappa shape index (κ1) is 32.3. The smallest absolute Gasteiger partial charge is 0.365 e. The molecular formula is C41H35N5O4. The molecule has 7 aromatic rings. The van der Waals surface area contributed by atoms with E-state index in [2.05, 4.69) is 32.5 Å². The van der Waals surface area contributed by atoms with Gasteiger partial charge >= 0.3 is 5.63 Å². The Hall–Kier alpha value is -6.22. The SMILES string of the molecule is CC1CCCCC1NC(=O)c1ncccc1NC(=O)c1cccc2ccccc12.O=c1oc(-c2cccc3ccccc23)nc2cccnc12. The molecule has 2 unspecified atom stereocenters. The number of amides is 2. The Morgan fingerprint density at radius 3 is 2.22 bits per heavy atom.